The van der Waals surface area contributed by atoms with Crippen molar-refractivity contribution in [1.82, 2.24) is 9.88 Å². The number of aromatic nitrogens is 1. The number of para-hydroxylation sites is 1. The van der Waals surface area contributed by atoms with E-state index in [-0.39, 0.29) is 6.03 Å². The lowest BCUT2D eigenvalue weighted by Gasteiger charge is -2.24. The molecule has 7 nitrogen and oxygen atoms in total. The minimum Gasteiger partial charge on any atom is -0.497 e. The van der Waals surface area contributed by atoms with Crippen LogP contribution in [0.5, 0.6) is 5.75 Å². The molecule has 0 radical (unpaired) electrons. The molecule has 0 saturated heterocycles. The van der Waals surface area contributed by atoms with Crippen LogP contribution in [0.1, 0.15) is 39.8 Å². The number of carbonyl (C=O) groups is 2. The van der Waals surface area contributed by atoms with Crippen LogP contribution >= 0.6 is 0 Å². The highest BCUT2D eigenvalue weighted by Crippen LogP contribution is 2.23. The summed E-state index contributed by atoms with van der Waals surface area (Å²) in [5.41, 5.74) is 4.61. The highest BCUT2D eigenvalue weighted by atomic mass is 16.5. The lowest BCUT2D eigenvalue weighted by Crippen LogP contribution is -2.34. The number of carbonyl (C=O) groups excluding carboxylic acids is 2. The smallest absolute Gasteiger partial charge is 0.355 e. The molecule has 7 heteroatoms. The summed E-state index contributed by atoms with van der Waals surface area (Å²) in [6, 6.07) is 16.7. The summed E-state index contributed by atoms with van der Waals surface area (Å²) in [7, 11) is 1.62. The predicted octanol–water partition coefficient (Wildman–Crippen LogP) is 5.05. The number of aromatic amines is 1. The Kier molecular flexibility index (Phi) is 7.54. The molecule has 0 aliphatic heterocycles. The van der Waals surface area contributed by atoms with E-state index < -0.39 is 5.97 Å². The van der Waals surface area contributed by atoms with Gasteiger partial charge in [0.15, 0.2) is 0 Å². The number of ether oxygens (including phenoxy) is 2. The number of nitrogens with one attached hydrogen (secondary N) is 2. The standard InChI is InChI=1S/C25H29N3O4/c1-5-32-24(29)23-17(2)22(18(3)26-23)16-28(15-19-11-13-21(31-4)14-12-19)25(30)27-20-9-7-6-8-10-20/h6-14,26H,5,15-16H2,1-4H3,(H,27,30). The number of esters is 1. The fraction of sp³-hybridized carbons (Fsp3) is 0.280. The van der Waals surface area contributed by atoms with E-state index in [0.717, 1.165) is 28.1 Å². The summed E-state index contributed by atoms with van der Waals surface area (Å²) in [5.74, 6) is 0.361. The lowest BCUT2D eigenvalue weighted by molar-refractivity contribution is 0.0519. The summed E-state index contributed by atoms with van der Waals surface area (Å²) in [6.07, 6.45) is 0. The molecule has 0 atom stereocenters. The molecule has 3 aromatic rings. The van der Waals surface area contributed by atoms with E-state index in [2.05, 4.69) is 10.3 Å². The minimum atomic E-state index is -0.394. The third-order valence-electron chi connectivity index (χ3n) is 5.27. The van der Waals surface area contributed by atoms with Gasteiger partial charge in [-0.25, -0.2) is 9.59 Å². The van der Waals surface area contributed by atoms with Crippen molar-refractivity contribution in [2.24, 2.45) is 0 Å². The van der Waals surface area contributed by atoms with Gasteiger partial charge < -0.3 is 24.7 Å². The highest BCUT2D eigenvalue weighted by Gasteiger charge is 2.22. The summed E-state index contributed by atoms with van der Waals surface area (Å²) in [6.45, 7) is 6.56. The first-order valence-electron chi connectivity index (χ1n) is 10.5. The van der Waals surface area contributed by atoms with Crippen molar-refractivity contribution in [2.75, 3.05) is 19.0 Å². The predicted molar refractivity (Wildman–Crippen MR) is 124 cm³/mol. The molecule has 0 fully saturated rings. The van der Waals surface area contributed by atoms with Crippen molar-refractivity contribution < 1.29 is 19.1 Å². The Bertz CT molecular complexity index is 1060. The topological polar surface area (TPSA) is 83.7 Å². The normalized spacial score (nSPS) is 10.5. The maximum absolute atomic E-state index is 13.2. The van der Waals surface area contributed by atoms with Gasteiger partial charge in [0.2, 0.25) is 0 Å². The number of aryl methyl sites for hydroxylation is 1. The summed E-state index contributed by atoms with van der Waals surface area (Å²) < 4.78 is 10.4. The van der Waals surface area contributed by atoms with Gasteiger partial charge in [-0.15, -0.1) is 0 Å². The highest BCUT2D eigenvalue weighted by molar-refractivity contribution is 5.91. The zero-order valence-corrected chi connectivity index (χ0v) is 18.9. The number of anilines is 1. The SMILES string of the molecule is CCOC(=O)c1[nH]c(C)c(CN(Cc2ccc(OC)cc2)C(=O)Nc2ccccc2)c1C. The molecule has 1 aromatic heterocycles. The van der Waals surface area contributed by atoms with Gasteiger partial charge in [-0.3, -0.25) is 0 Å². The van der Waals surface area contributed by atoms with Crippen molar-refractivity contribution in [3.63, 3.8) is 0 Å². The van der Waals surface area contributed by atoms with Crippen molar-refractivity contribution in [1.29, 1.82) is 0 Å². The monoisotopic (exact) mass is 435 g/mol. The number of hydrogen-bond acceptors (Lipinski definition) is 4. The van der Waals surface area contributed by atoms with Crippen LogP contribution < -0.4 is 10.1 Å². The van der Waals surface area contributed by atoms with Gasteiger partial charge in [0, 0.05) is 24.5 Å². The molecular weight excluding hydrogens is 406 g/mol. The van der Waals surface area contributed by atoms with Crippen LogP contribution in [0.2, 0.25) is 0 Å². The summed E-state index contributed by atoms with van der Waals surface area (Å²) in [5, 5.41) is 2.95. The van der Waals surface area contributed by atoms with E-state index in [9.17, 15) is 9.59 Å². The Hall–Kier alpha value is -3.74. The van der Waals surface area contributed by atoms with Gasteiger partial charge in [-0.1, -0.05) is 30.3 Å². The van der Waals surface area contributed by atoms with Crippen molar-refractivity contribution >= 4 is 17.7 Å². The Morgan fingerprint density at radius 1 is 1.00 bits per heavy atom. The van der Waals surface area contributed by atoms with E-state index in [1.807, 2.05) is 68.4 Å². The molecule has 0 aliphatic carbocycles. The second-order valence-electron chi connectivity index (χ2n) is 7.45. The minimum absolute atomic E-state index is 0.232. The first-order valence-corrected chi connectivity index (χ1v) is 10.5. The molecule has 0 bridgehead atoms. The van der Waals surface area contributed by atoms with E-state index in [0.29, 0.717) is 31.1 Å². The Morgan fingerprint density at radius 3 is 2.31 bits per heavy atom. The van der Waals surface area contributed by atoms with Crippen LogP contribution in [-0.4, -0.2) is 35.6 Å². The number of benzene rings is 2. The second-order valence-corrected chi connectivity index (χ2v) is 7.45. The van der Waals surface area contributed by atoms with Crippen LogP contribution in [0.3, 0.4) is 0 Å². The van der Waals surface area contributed by atoms with Gasteiger partial charge in [0.25, 0.3) is 0 Å². The maximum Gasteiger partial charge on any atom is 0.355 e. The largest absolute Gasteiger partial charge is 0.497 e. The van der Waals surface area contributed by atoms with Gasteiger partial charge >= 0.3 is 12.0 Å². The molecule has 1 heterocycles. The average molecular weight is 436 g/mol. The molecular formula is C25H29N3O4. The fourth-order valence-electron chi connectivity index (χ4n) is 3.50. The van der Waals surface area contributed by atoms with Crippen molar-refractivity contribution in [3.05, 3.63) is 82.7 Å². The molecule has 0 spiro atoms. The van der Waals surface area contributed by atoms with Crippen LogP contribution in [0.25, 0.3) is 0 Å². The molecule has 32 heavy (non-hydrogen) atoms. The van der Waals surface area contributed by atoms with Crippen LogP contribution in [0.15, 0.2) is 54.6 Å². The van der Waals surface area contributed by atoms with Gasteiger partial charge in [0.1, 0.15) is 11.4 Å². The van der Waals surface area contributed by atoms with E-state index in [4.69, 9.17) is 9.47 Å². The summed E-state index contributed by atoms with van der Waals surface area (Å²) in [4.78, 5) is 30.3. The number of methoxy groups -OCH3 is 1. The van der Waals surface area contributed by atoms with Gasteiger partial charge in [0.05, 0.1) is 13.7 Å². The third kappa shape index (κ3) is 5.49. The van der Waals surface area contributed by atoms with Gasteiger partial charge in [-0.2, -0.15) is 0 Å². The lowest BCUT2D eigenvalue weighted by atomic mass is 10.1. The quantitative estimate of drug-likeness (QED) is 0.485. The number of nitrogens with zero attached hydrogens (tertiary/aromatic N) is 1. The van der Waals surface area contributed by atoms with Gasteiger partial charge in [-0.05, 0) is 61.7 Å². The first kappa shape index (κ1) is 22.9. The Balaban J connectivity index is 1.88. The van der Waals surface area contributed by atoms with Crippen molar-refractivity contribution in [3.8, 4) is 5.75 Å². The van der Waals surface area contributed by atoms with Crippen LogP contribution in [0, 0.1) is 13.8 Å². The van der Waals surface area contributed by atoms with E-state index in [1.54, 1.807) is 18.9 Å². The number of amides is 2. The Labute approximate surface area is 188 Å². The van der Waals surface area contributed by atoms with Crippen molar-refractivity contribution in [2.45, 2.75) is 33.9 Å². The molecule has 0 unspecified atom stereocenters. The average Bonchev–Trinajstić information content (AvgIpc) is 3.08. The molecule has 0 aliphatic rings. The second kappa shape index (κ2) is 10.5. The number of urea groups is 1. The zero-order chi connectivity index (χ0) is 23.1. The molecule has 0 saturated carbocycles. The Morgan fingerprint density at radius 2 is 1.69 bits per heavy atom. The molecule has 3 rings (SSSR count). The number of H-pyrrole nitrogens is 1. The number of hydrogen-bond donors (Lipinski definition) is 2. The van der Waals surface area contributed by atoms with Crippen LogP contribution in [0.4, 0.5) is 10.5 Å². The first-order chi connectivity index (χ1) is 15.4. The molecule has 2 aromatic carbocycles. The zero-order valence-electron chi connectivity index (χ0n) is 18.9. The van der Waals surface area contributed by atoms with Crippen LogP contribution in [-0.2, 0) is 17.8 Å². The molecule has 2 amide bonds. The molecule has 2 N–H and O–H groups in total. The summed E-state index contributed by atoms with van der Waals surface area (Å²) >= 11 is 0. The third-order valence-corrected chi connectivity index (χ3v) is 5.27. The van der Waals surface area contributed by atoms with E-state index in [1.165, 1.54) is 0 Å². The molecule has 168 valence electrons. The number of rotatable bonds is 8. The maximum atomic E-state index is 13.2. The fourth-order valence-corrected chi connectivity index (χ4v) is 3.50. The van der Waals surface area contributed by atoms with E-state index >= 15 is 0 Å².